The molecule has 1 saturated heterocycles. The number of hydrogen-bond acceptors (Lipinski definition) is 4. The SMILES string of the molecule is CC1=NC(=O)C(C[C@H]2CC[C@@H](COC(O)C(F)(F)F)O2)C(C)C=C1. The third-order valence-electron chi connectivity index (χ3n) is 4.31. The third kappa shape index (κ3) is 5.12. The van der Waals surface area contributed by atoms with Crippen LogP contribution in [0.5, 0.6) is 0 Å². The summed E-state index contributed by atoms with van der Waals surface area (Å²) in [5.41, 5.74) is 0.661. The van der Waals surface area contributed by atoms with Crippen molar-refractivity contribution in [2.45, 2.75) is 57.8 Å². The van der Waals surface area contributed by atoms with E-state index in [1.807, 2.05) is 19.1 Å². The lowest BCUT2D eigenvalue weighted by Crippen LogP contribution is -2.34. The molecule has 1 amide bonds. The minimum atomic E-state index is -4.80. The van der Waals surface area contributed by atoms with E-state index in [1.54, 1.807) is 6.92 Å². The van der Waals surface area contributed by atoms with Crippen LogP contribution in [0.3, 0.4) is 0 Å². The molecular formula is C16H22F3NO4. The second kappa shape index (κ2) is 7.76. The average molecular weight is 349 g/mol. The molecule has 0 radical (unpaired) electrons. The Hall–Kier alpha value is -1.25. The number of aliphatic hydroxyl groups excluding tert-OH is 1. The number of rotatable bonds is 5. The van der Waals surface area contributed by atoms with E-state index >= 15 is 0 Å². The number of aliphatic imine (C=N–C) groups is 1. The first-order valence-corrected chi connectivity index (χ1v) is 7.96. The number of nitrogens with zero attached hydrogens (tertiary/aromatic N) is 1. The number of aliphatic hydroxyl groups is 1. The van der Waals surface area contributed by atoms with E-state index in [9.17, 15) is 18.0 Å². The van der Waals surface area contributed by atoms with Crippen LogP contribution in [0.15, 0.2) is 17.1 Å². The van der Waals surface area contributed by atoms with Crippen LogP contribution in [0.4, 0.5) is 13.2 Å². The van der Waals surface area contributed by atoms with Gasteiger partial charge in [0.2, 0.25) is 5.91 Å². The average Bonchev–Trinajstić information content (AvgIpc) is 2.89. The predicted octanol–water partition coefficient (Wildman–Crippen LogP) is 2.63. The van der Waals surface area contributed by atoms with Gasteiger partial charge in [-0.2, -0.15) is 13.2 Å². The Balaban J connectivity index is 1.83. The molecule has 136 valence electrons. The van der Waals surface area contributed by atoms with Crippen LogP contribution in [-0.4, -0.2) is 48.0 Å². The second-order valence-corrected chi connectivity index (χ2v) is 6.34. The molecule has 0 saturated carbocycles. The third-order valence-corrected chi connectivity index (χ3v) is 4.31. The molecule has 0 aliphatic carbocycles. The Labute approximate surface area is 138 Å². The summed E-state index contributed by atoms with van der Waals surface area (Å²) in [5.74, 6) is -0.477. The van der Waals surface area contributed by atoms with Gasteiger partial charge in [0, 0.05) is 11.6 Å². The highest BCUT2D eigenvalue weighted by Crippen LogP contribution is 2.31. The van der Waals surface area contributed by atoms with Gasteiger partial charge in [0.05, 0.1) is 18.8 Å². The first-order valence-electron chi connectivity index (χ1n) is 7.96. The monoisotopic (exact) mass is 349 g/mol. The first kappa shape index (κ1) is 19.1. The van der Waals surface area contributed by atoms with E-state index in [0.29, 0.717) is 25.0 Å². The van der Waals surface area contributed by atoms with E-state index in [2.05, 4.69) is 9.73 Å². The quantitative estimate of drug-likeness (QED) is 0.775. The maximum Gasteiger partial charge on any atom is 0.439 e. The number of halogens is 3. The van der Waals surface area contributed by atoms with E-state index in [0.717, 1.165) is 0 Å². The predicted molar refractivity (Wildman–Crippen MR) is 80.4 cm³/mol. The molecule has 2 aliphatic heterocycles. The van der Waals surface area contributed by atoms with Crippen molar-refractivity contribution in [1.82, 2.24) is 0 Å². The summed E-state index contributed by atoms with van der Waals surface area (Å²) in [6, 6.07) is 0. The number of carbonyl (C=O) groups excluding carboxylic acids is 1. The Morgan fingerprint density at radius 1 is 1.42 bits per heavy atom. The molecule has 24 heavy (non-hydrogen) atoms. The molecule has 1 fully saturated rings. The van der Waals surface area contributed by atoms with Gasteiger partial charge in [-0.05, 0) is 38.2 Å². The molecule has 2 aliphatic rings. The highest BCUT2D eigenvalue weighted by molar-refractivity contribution is 6.02. The fraction of sp³-hybridized carbons (Fsp3) is 0.750. The summed E-state index contributed by atoms with van der Waals surface area (Å²) >= 11 is 0. The van der Waals surface area contributed by atoms with E-state index in [1.165, 1.54) is 0 Å². The molecule has 0 aromatic rings. The van der Waals surface area contributed by atoms with Gasteiger partial charge in [-0.1, -0.05) is 13.0 Å². The van der Waals surface area contributed by atoms with Crippen molar-refractivity contribution in [2.24, 2.45) is 16.8 Å². The number of hydrogen-bond donors (Lipinski definition) is 1. The molecule has 1 N–H and O–H groups in total. The number of ether oxygens (including phenoxy) is 2. The van der Waals surface area contributed by atoms with Crippen LogP contribution in [0.2, 0.25) is 0 Å². The zero-order valence-corrected chi connectivity index (χ0v) is 13.6. The summed E-state index contributed by atoms with van der Waals surface area (Å²) in [5, 5.41) is 8.83. The number of carbonyl (C=O) groups is 1. The van der Waals surface area contributed by atoms with Gasteiger partial charge in [-0.25, -0.2) is 4.99 Å². The Bertz CT molecular complexity index is 518. The van der Waals surface area contributed by atoms with Gasteiger partial charge >= 0.3 is 6.18 Å². The van der Waals surface area contributed by atoms with E-state index in [-0.39, 0.29) is 30.5 Å². The lowest BCUT2D eigenvalue weighted by Gasteiger charge is -2.22. The fourth-order valence-electron chi connectivity index (χ4n) is 2.91. The van der Waals surface area contributed by atoms with Crippen LogP contribution in [0.25, 0.3) is 0 Å². The molecular weight excluding hydrogens is 327 g/mol. The topological polar surface area (TPSA) is 68.1 Å². The highest BCUT2D eigenvalue weighted by Gasteiger charge is 2.40. The zero-order chi connectivity index (χ0) is 17.9. The van der Waals surface area contributed by atoms with Gasteiger partial charge in [-0.3, -0.25) is 4.79 Å². The summed E-state index contributed by atoms with van der Waals surface area (Å²) in [7, 11) is 0. The summed E-state index contributed by atoms with van der Waals surface area (Å²) in [4.78, 5) is 16.2. The molecule has 2 rings (SSSR count). The Kier molecular flexibility index (Phi) is 6.17. The number of amides is 1. The van der Waals surface area contributed by atoms with Crippen LogP contribution < -0.4 is 0 Å². The van der Waals surface area contributed by atoms with Crippen molar-refractivity contribution in [3.63, 3.8) is 0 Å². The van der Waals surface area contributed by atoms with Crippen LogP contribution in [0.1, 0.15) is 33.1 Å². The maximum atomic E-state index is 12.2. The molecule has 0 spiro atoms. The summed E-state index contributed by atoms with van der Waals surface area (Å²) in [6.07, 6.45) is -2.95. The van der Waals surface area contributed by atoms with Crippen LogP contribution >= 0.6 is 0 Å². The van der Waals surface area contributed by atoms with Crippen molar-refractivity contribution < 1.29 is 32.5 Å². The van der Waals surface area contributed by atoms with E-state index in [4.69, 9.17) is 9.84 Å². The van der Waals surface area contributed by atoms with Crippen molar-refractivity contribution in [3.05, 3.63) is 12.2 Å². The fourth-order valence-corrected chi connectivity index (χ4v) is 2.91. The number of alkyl halides is 3. The van der Waals surface area contributed by atoms with Crippen molar-refractivity contribution in [3.8, 4) is 0 Å². The first-order chi connectivity index (χ1) is 11.2. The van der Waals surface area contributed by atoms with Gasteiger partial charge in [-0.15, -0.1) is 0 Å². The van der Waals surface area contributed by atoms with Gasteiger partial charge in [0.25, 0.3) is 6.29 Å². The smallest absolute Gasteiger partial charge is 0.373 e. The largest absolute Gasteiger partial charge is 0.439 e. The molecule has 3 unspecified atom stereocenters. The molecule has 0 bridgehead atoms. The van der Waals surface area contributed by atoms with Gasteiger partial charge in [0.15, 0.2) is 0 Å². The Morgan fingerprint density at radius 2 is 2.08 bits per heavy atom. The zero-order valence-electron chi connectivity index (χ0n) is 13.6. The van der Waals surface area contributed by atoms with Crippen molar-refractivity contribution in [1.29, 1.82) is 0 Å². The van der Waals surface area contributed by atoms with Crippen molar-refractivity contribution in [2.75, 3.05) is 6.61 Å². The highest BCUT2D eigenvalue weighted by atomic mass is 19.4. The molecule has 0 aromatic carbocycles. The van der Waals surface area contributed by atoms with Crippen LogP contribution in [0, 0.1) is 11.8 Å². The summed E-state index contributed by atoms with van der Waals surface area (Å²) in [6.45, 7) is 3.36. The number of allylic oxidation sites excluding steroid dienone is 2. The second-order valence-electron chi connectivity index (χ2n) is 6.34. The maximum absolute atomic E-state index is 12.2. The van der Waals surface area contributed by atoms with Crippen LogP contribution in [-0.2, 0) is 14.3 Å². The van der Waals surface area contributed by atoms with Gasteiger partial charge < -0.3 is 14.6 Å². The molecule has 0 aromatic heterocycles. The standard InChI is InChI=1S/C16H22F3NO4/c1-9-3-4-10(2)20-14(21)13(9)7-11-5-6-12(24-11)8-23-15(22)16(17,18)19/h3-4,9,11-13,15,22H,5-8H2,1-2H3/t9?,11-,12+,13?,15?/m1/s1. The molecule has 2 heterocycles. The minimum absolute atomic E-state index is 0.0182. The molecule has 5 nitrogen and oxygen atoms in total. The lowest BCUT2D eigenvalue weighted by atomic mass is 9.87. The summed E-state index contributed by atoms with van der Waals surface area (Å²) < 4.78 is 46.7. The lowest BCUT2D eigenvalue weighted by molar-refractivity contribution is -0.298. The van der Waals surface area contributed by atoms with Crippen molar-refractivity contribution >= 4 is 11.6 Å². The normalized spacial score (nSPS) is 32.6. The Morgan fingerprint density at radius 3 is 2.75 bits per heavy atom. The van der Waals surface area contributed by atoms with E-state index < -0.39 is 18.6 Å². The molecule has 8 heteroatoms. The minimum Gasteiger partial charge on any atom is -0.373 e. The van der Waals surface area contributed by atoms with Gasteiger partial charge in [0.1, 0.15) is 0 Å². The molecule has 5 atom stereocenters.